The number of ether oxygens (including phenoxy) is 2. The van der Waals surface area contributed by atoms with Gasteiger partial charge in [-0.3, -0.25) is 13.9 Å². The second kappa shape index (κ2) is 15.4. The molecule has 0 spiro atoms. The smallest absolute Gasteiger partial charge is 0.321 e. The Kier molecular flexibility index (Phi) is 15.1. The minimum Gasteiger partial charge on any atom is -0.465 e. The van der Waals surface area contributed by atoms with Crippen molar-refractivity contribution in [2.24, 2.45) is 0 Å². The van der Waals surface area contributed by atoms with Crippen LogP contribution in [0.4, 0.5) is 5.69 Å². The molecule has 1 aromatic rings. The zero-order valence-electron chi connectivity index (χ0n) is 16.0. The maximum absolute atomic E-state index is 11.9. The van der Waals surface area contributed by atoms with E-state index in [1.54, 1.807) is 13.8 Å². The molecular weight excluding hydrogens is 536 g/mol. The summed E-state index contributed by atoms with van der Waals surface area (Å²) in [5.41, 5.74) is 0.948. The highest BCUT2D eigenvalue weighted by Gasteiger charge is 2.26. The molecule has 1 aromatic carbocycles. The molecule has 1 rings (SSSR count). The molecule has 0 saturated carbocycles. The van der Waals surface area contributed by atoms with Crippen LogP contribution in [0.5, 0.6) is 0 Å². The van der Waals surface area contributed by atoms with Crippen molar-refractivity contribution >= 4 is 75.2 Å². The Bertz CT molecular complexity index is 560. The summed E-state index contributed by atoms with van der Waals surface area (Å²) in [6.45, 7) is 4.44. The molecule has 0 radical (unpaired) electrons. The predicted molar refractivity (Wildman–Crippen MR) is 124 cm³/mol. The van der Waals surface area contributed by atoms with Crippen molar-refractivity contribution in [2.45, 2.75) is 23.5 Å². The molecule has 0 unspecified atom stereocenters. The highest BCUT2D eigenvalue weighted by molar-refractivity contribution is 9.10. The third kappa shape index (κ3) is 10.4. The molecule has 0 heterocycles. The van der Waals surface area contributed by atoms with Gasteiger partial charge < -0.3 is 9.47 Å². The monoisotopic (exact) mass is 560 g/mol. The highest BCUT2D eigenvalue weighted by Crippen LogP contribution is 2.23. The van der Waals surface area contributed by atoms with Crippen LogP contribution in [0.1, 0.15) is 13.8 Å². The number of halogens is 2. The minimum absolute atomic E-state index is 0. The summed E-state index contributed by atoms with van der Waals surface area (Å²) in [7, 11) is 1.85. The second-order valence-corrected chi connectivity index (χ2v) is 8.32. The topological polar surface area (TPSA) is 68.3 Å². The number of hydrogen-bond acceptors (Lipinski definition) is 8. The largest absolute Gasteiger partial charge is 0.465 e. The van der Waals surface area contributed by atoms with E-state index in [1.807, 2.05) is 41.7 Å². The summed E-state index contributed by atoms with van der Waals surface area (Å²) in [6, 6.07) is 9.67. The van der Waals surface area contributed by atoms with Gasteiger partial charge in [0.1, 0.15) is 21.9 Å². The first-order valence-electron chi connectivity index (χ1n) is 8.38. The fourth-order valence-electron chi connectivity index (χ4n) is 1.89. The number of alkyl halides is 2. The van der Waals surface area contributed by atoms with Gasteiger partial charge in [-0.25, -0.2) is 4.28 Å². The third-order valence-electron chi connectivity index (χ3n) is 3.18. The van der Waals surface area contributed by atoms with Crippen LogP contribution in [0.3, 0.4) is 0 Å². The van der Waals surface area contributed by atoms with Crippen LogP contribution in [0, 0.1) is 0 Å². The second-order valence-electron chi connectivity index (χ2n) is 5.27. The number of benzene rings is 1. The van der Waals surface area contributed by atoms with Crippen molar-refractivity contribution in [2.75, 3.05) is 37.7 Å². The zero-order chi connectivity index (χ0) is 20.2. The Morgan fingerprint density at radius 2 is 1.46 bits per heavy atom. The van der Waals surface area contributed by atoms with Gasteiger partial charge in [-0.2, -0.15) is 18.6 Å². The molecule has 0 N–H and O–H groups in total. The Hall–Kier alpha value is -0.460. The molecule has 28 heavy (non-hydrogen) atoms. The van der Waals surface area contributed by atoms with Gasteiger partial charge in [0, 0.05) is 25.8 Å². The van der Waals surface area contributed by atoms with Gasteiger partial charge in [0.15, 0.2) is 0 Å². The summed E-state index contributed by atoms with van der Waals surface area (Å²) in [5.74, 6) is -0.787. The van der Waals surface area contributed by atoms with Crippen molar-refractivity contribution in [3.8, 4) is 0 Å². The van der Waals surface area contributed by atoms with E-state index < -0.39 is 21.6 Å². The van der Waals surface area contributed by atoms with Gasteiger partial charge >= 0.3 is 11.9 Å². The molecule has 0 fully saturated rings. The van der Waals surface area contributed by atoms with Crippen LogP contribution in [-0.2, 0) is 23.3 Å². The Morgan fingerprint density at radius 1 is 1.00 bits per heavy atom. The third-order valence-corrected chi connectivity index (χ3v) is 5.22. The molecule has 0 aromatic heterocycles. The average molecular weight is 562 g/mol. The van der Waals surface area contributed by atoms with E-state index in [0.717, 1.165) is 17.9 Å². The maximum atomic E-state index is 11.9. The first-order valence-corrected chi connectivity index (χ1v) is 10.9. The van der Waals surface area contributed by atoms with Crippen molar-refractivity contribution in [3.05, 3.63) is 30.3 Å². The number of rotatable bonds is 12. The molecule has 0 aliphatic carbocycles. The Morgan fingerprint density at radius 3 is 1.89 bits per heavy atom. The van der Waals surface area contributed by atoms with Gasteiger partial charge in [-0.15, -0.1) is 0 Å². The highest BCUT2D eigenvalue weighted by atomic mass is 79.9. The molecule has 2 atom stereocenters. The number of carbonyl (C=O) groups excluding carboxylic acids is 2. The lowest BCUT2D eigenvalue weighted by molar-refractivity contribution is -0.146. The van der Waals surface area contributed by atoms with Crippen molar-refractivity contribution in [1.29, 1.82) is 0 Å². The lowest BCUT2D eigenvalue weighted by Gasteiger charge is -2.26. The molecular formula is C17H26Br2N2O5S2. The predicted octanol–water partition coefficient (Wildman–Crippen LogP) is 3.69. The molecule has 7 nitrogen and oxygen atoms in total. The van der Waals surface area contributed by atoms with E-state index in [9.17, 15) is 9.59 Å². The van der Waals surface area contributed by atoms with Crippen LogP contribution in [0.25, 0.3) is 0 Å². The van der Waals surface area contributed by atoms with E-state index in [2.05, 4.69) is 31.9 Å². The maximum Gasteiger partial charge on any atom is 0.321 e. The number of hydrogen-bond donors (Lipinski definition) is 0. The molecule has 0 saturated heterocycles. The van der Waals surface area contributed by atoms with Crippen LogP contribution in [0.15, 0.2) is 30.3 Å². The normalized spacial score (nSPS) is 12.6. The molecule has 11 heteroatoms. The summed E-state index contributed by atoms with van der Waals surface area (Å²) in [5, 5.41) is 1.51. The van der Waals surface area contributed by atoms with E-state index >= 15 is 0 Å². The summed E-state index contributed by atoms with van der Waals surface area (Å²) in [4.78, 5) is 22.6. The van der Waals surface area contributed by atoms with Gasteiger partial charge in [0.05, 0.1) is 13.2 Å². The summed E-state index contributed by atoms with van der Waals surface area (Å²) >= 11 is 7.69. The lowest BCUT2D eigenvalue weighted by atomic mass is 10.3. The Labute approximate surface area is 194 Å². The number of carbonyl (C=O) groups is 2. The number of anilines is 1. The summed E-state index contributed by atoms with van der Waals surface area (Å²) in [6.07, 6.45) is 0. The number of hydroxylamine groups is 2. The molecule has 0 amide bonds. The zero-order valence-corrected chi connectivity index (χ0v) is 21.0. The lowest BCUT2D eigenvalue weighted by Crippen LogP contribution is -2.39. The number of esters is 2. The first kappa shape index (κ1) is 27.5. The standard InChI is InChI=1S/C17H24Br2N2O5S.H2S/c1-4-24-16(22)14(18)11-21(12-15(19)17(23)25-5-2)26-27-20(3)13-9-7-6-8-10-13;/h6-10,14-15H,4-5,11-12H2,1-3H3;1H2/t14-,15+;. The molecule has 160 valence electrons. The quantitative estimate of drug-likeness (QED) is 0.126. The van der Waals surface area contributed by atoms with Crippen LogP contribution in [-0.4, -0.2) is 60.0 Å². The van der Waals surface area contributed by atoms with E-state index in [1.165, 1.54) is 5.06 Å². The van der Waals surface area contributed by atoms with E-state index in [-0.39, 0.29) is 39.8 Å². The SMILES string of the molecule is CCOC(=O)[C@H](Br)CN(C[C@H](Br)C(=O)OCC)OSN(C)c1ccccc1.S. The molecule has 0 aliphatic heterocycles. The van der Waals surface area contributed by atoms with Gasteiger partial charge in [-0.05, 0) is 26.0 Å². The fourth-order valence-corrected chi connectivity index (χ4v) is 3.32. The van der Waals surface area contributed by atoms with Crippen LogP contribution >= 0.6 is 57.6 Å². The Balaban J connectivity index is 0.00000729. The average Bonchev–Trinajstić information content (AvgIpc) is 2.66. The van der Waals surface area contributed by atoms with Crippen LogP contribution < -0.4 is 4.31 Å². The number of para-hydroxylation sites is 1. The molecule has 0 aliphatic rings. The number of nitrogens with zero attached hydrogens (tertiary/aromatic N) is 2. The molecule has 0 bridgehead atoms. The van der Waals surface area contributed by atoms with Crippen molar-refractivity contribution < 1.29 is 23.3 Å². The fraction of sp³-hybridized carbons (Fsp3) is 0.529. The van der Waals surface area contributed by atoms with Crippen molar-refractivity contribution in [3.63, 3.8) is 0 Å². The van der Waals surface area contributed by atoms with Crippen molar-refractivity contribution in [1.82, 2.24) is 5.06 Å². The minimum atomic E-state index is -0.595. The first-order chi connectivity index (χ1) is 12.9. The van der Waals surface area contributed by atoms with E-state index in [4.69, 9.17) is 13.8 Å². The van der Waals surface area contributed by atoms with Gasteiger partial charge in [-0.1, -0.05) is 50.1 Å². The van der Waals surface area contributed by atoms with Crippen LogP contribution in [0.2, 0.25) is 0 Å². The van der Waals surface area contributed by atoms with Gasteiger partial charge in [0.25, 0.3) is 0 Å². The van der Waals surface area contributed by atoms with E-state index in [0.29, 0.717) is 0 Å². The summed E-state index contributed by atoms with van der Waals surface area (Å²) < 4.78 is 17.6. The van der Waals surface area contributed by atoms with Gasteiger partial charge in [0.2, 0.25) is 0 Å².